The predicted molar refractivity (Wildman–Crippen MR) is 75.1 cm³/mol. The fraction of sp³-hybridized carbons (Fsp3) is 0.375. The van der Waals surface area contributed by atoms with Crippen LogP contribution in [0.2, 0.25) is 0 Å². The first kappa shape index (κ1) is 14.5. The van der Waals surface area contributed by atoms with Crippen molar-refractivity contribution < 1.29 is 19.8 Å². The van der Waals surface area contributed by atoms with Crippen LogP contribution in [0.1, 0.15) is 48.2 Å². The molecule has 0 heterocycles. The van der Waals surface area contributed by atoms with E-state index in [0.717, 1.165) is 5.56 Å². The average molecular weight is 274 g/mol. The van der Waals surface area contributed by atoms with Crippen LogP contribution in [0.25, 0.3) is 0 Å². The Labute approximate surface area is 117 Å². The largest absolute Gasteiger partial charge is 0.508 e. The summed E-state index contributed by atoms with van der Waals surface area (Å²) in [5, 5.41) is 19.0. The summed E-state index contributed by atoms with van der Waals surface area (Å²) in [6.45, 7) is 5.00. The Morgan fingerprint density at radius 1 is 1.35 bits per heavy atom. The van der Waals surface area contributed by atoms with Crippen molar-refractivity contribution in [3.8, 4) is 5.75 Å². The second kappa shape index (κ2) is 4.87. The molecule has 1 aromatic carbocycles. The number of fused-ring (bicyclic) bond motifs is 1. The molecule has 0 aromatic heterocycles. The summed E-state index contributed by atoms with van der Waals surface area (Å²) in [5.74, 6) is -1.21. The molecule has 2 N–H and O–H groups in total. The van der Waals surface area contributed by atoms with Gasteiger partial charge in [-0.1, -0.05) is 26.8 Å². The van der Waals surface area contributed by atoms with Gasteiger partial charge in [0.25, 0.3) is 0 Å². The molecule has 0 fully saturated rings. The van der Waals surface area contributed by atoms with Crippen LogP contribution in [0.5, 0.6) is 5.75 Å². The number of carbonyl (C=O) groups is 2. The highest BCUT2D eigenvalue weighted by molar-refractivity contribution is 6.08. The number of carbonyl (C=O) groups excluding carboxylic acids is 2. The van der Waals surface area contributed by atoms with Gasteiger partial charge in [0.2, 0.25) is 0 Å². The number of phenolic OH excluding ortho intramolecular Hbond substituents is 1. The number of ketones is 2. The lowest BCUT2D eigenvalue weighted by Crippen LogP contribution is -2.23. The zero-order valence-corrected chi connectivity index (χ0v) is 11.8. The third-order valence-electron chi connectivity index (χ3n) is 3.88. The van der Waals surface area contributed by atoms with E-state index in [1.165, 1.54) is 12.1 Å². The number of allylic oxidation sites excluding steroid dienone is 2. The number of hydrogen-bond donors (Lipinski definition) is 2. The Bertz CT molecular complexity index is 611. The summed E-state index contributed by atoms with van der Waals surface area (Å²) in [6, 6.07) is 3.11. The molecule has 20 heavy (non-hydrogen) atoms. The van der Waals surface area contributed by atoms with E-state index in [1.54, 1.807) is 13.0 Å². The fourth-order valence-corrected chi connectivity index (χ4v) is 2.46. The first-order valence-electron chi connectivity index (χ1n) is 6.52. The lowest BCUT2D eigenvalue weighted by atomic mass is 9.75. The number of aliphatic hydroxyl groups excluding tert-OH is 1. The highest BCUT2D eigenvalue weighted by Gasteiger charge is 2.30. The third-order valence-corrected chi connectivity index (χ3v) is 3.88. The van der Waals surface area contributed by atoms with Gasteiger partial charge in [-0.05, 0) is 23.8 Å². The maximum absolute atomic E-state index is 11.9. The Hall–Kier alpha value is -1.94. The second-order valence-electron chi connectivity index (χ2n) is 5.72. The Morgan fingerprint density at radius 2 is 2.00 bits per heavy atom. The van der Waals surface area contributed by atoms with E-state index in [1.807, 2.05) is 19.9 Å². The first-order chi connectivity index (χ1) is 9.27. The Balaban J connectivity index is 2.61. The molecule has 0 saturated heterocycles. The van der Waals surface area contributed by atoms with Crippen molar-refractivity contribution in [2.24, 2.45) is 0 Å². The van der Waals surface area contributed by atoms with Crippen molar-refractivity contribution in [3.63, 3.8) is 0 Å². The summed E-state index contributed by atoms with van der Waals surface area (Å²) >= 11 is 0. The molecule has 0 aliphatic heterocycles. The minimum absolute atomic E-state index is 0.0856. The number of Topliss-reactive ketones (excluding diaryl/α,β-unsaturated/α-hetero) is 1. The van der Waals surface area contributed by atoms with E-state index in [0.29, 0.717) is 11.1 Å². The topological polar surface area (TPSA) is 74.6 Å². The van der Waals surface area contributed by atoms with Gasteiger partial charge in [0, 0.05) is 22.5 Å². The Kier molecular flexibility index (Phi) is 3.52. The summed E-state index contributed by atoms with van der Waals surface area (Å²) in [5.41, 5.74) is 1.35. The highest BCUT2D eigenvalue weighted by Crippen LogP contribution is 2.38. The van der Waals surface area contributed by atoms with Crippen molar-refractivity contribution in [2.45, 2.75) is 32.1 Å². The van der Waals surface area contributed by atoms with E-state index in [4.69, 9.17) is 5.11 Å². The zero-order chi connectivity index (χ0) is 15.1. The summed E-state index contributed by atoms with van der Waals surface area (Å²) < 4.78 is 0. The monoisotopic (exact) mass is 274 g/mol. The van der Waals surface area contributed by atoms with E-state index < -0.39 is 12.5 Å². The number of aromatic hydroxyl groups is 1. The number of benzene rings is 1. The molecule has 1 aliphatic rings. The van der Waals surface area contributed by atoms with E-state index in [-0.39, 0.29) is 22.7 Å². The molecule has 4 nitrogen and oxygen atoms in total. The van der Waals surface area contributed by atoms with Crippen molar-refractivity contribution in [1.29, 1.82) is 0 Å². The normalized spacial score (nSPS) is 17.7. The molecule has 0 bridgehead atoms. The smallest absolute Gasteiger partial charge is 0.185 e. The van der Waals surface area contributed by atoms with Crippen LogP contribution in [0.15, 0.2) is 24.3 Å². The maximum atomic E-state index is 11.9. The summed E-state index contributed by atoms with van der Waals surface area (Å²) in [6.07, 6.45) is 3.32. The minimum Gasteiger partial charge on any atom is -0.508 e. The first-order valence-corrected chi connectivity index (χ1v) is 6.52. The van der Waals surface area contributed by atoms with Gasteiger partial charge in [-0.2, -0.15) is 0 Å². The number of hydrogen-bond acceptors (Lipinski definition) is 4. The van der Waals surface area contributed by atoms with Gasteiger partial charge in [-0.3, -0.25) is 9.59 Å². The van der Waals surface area contributed by atoms with Crippen LogP contribution < -0.4 is 0 Å². The molecule has 0 unspecified atom stereocenters. The third kappa shape index (κ3) is 2.27. The summed E-state index contributed by atoms with van der Waals surface area (Å²) in [7, 11) is 0. The van der Waals surface area contributed by atoms with Gasteiger partial charge >= 0.3 is 0 Å². The van der Waals surface area contributed by atoms with Crippen molar-refractivity contribution in [2.75, 3.05) is 6.61 Å². The molecular formula is C16H18O4. The zero-order valence-electron chi connectivity index (χ0n) is 11.8. The molecule has 1 atom stereocenters. The Morgan fingerprint density at radius 3 is 2.60 bits per heavy atom. The molecule has 0 radical (unpaired) electrons. The quantitative estimate of drug-likeness (QED) is 0.885. The van der Waals surface area contributed by atoms with Crippen LogP contribution in [-0.2, 0) is 10.2 Å². The molecular weight excluding hydrogens is 256 g/mol. The number of phenols is 1. The van der Waals surface area contributed by atoms with Gasteiger partial charge in [0.05, 0.1) is 0 Å². The lowest BCUT2D eigenvalue weighted by molar-refractivity contribution is -0.122. The van der Waals surface area contributed by atoms with Crippen molar-refractivity contribution in [1.82, 2.24) is 0 Å². The van der Waals surface area contributed by atoms with Crippen LogP contribution in [0.3, 0.4) is 0 Å². The standard InChI is InChI=1S/C16H18O4/c1-9(15(20)8-17)10-6-12-11(7-14(10)19)13(18)4-5-16(12,2)3/h4-7,9,17,19H,8H2,1-3H3/t9-/m0/s1. The van der Waals surface area contributed by atoms with Gasteiger partial charge in [0.1, 0.15) is 12.4 Å². The van der Waals surface area contributed by atoms with Gasteiger partial charge in [-0.15, -0.1) is 0 Å². The molecule has 4 heteroatoms. The van der Waals surface area contributed by atoms with Crippen LogP contribution >= 0.6 is 0 Å². The molecule has 1 aromatic rings. The predicted octanol–water partition coefficient (Wildman–Crippen LogP) is 2.09. The minimum atomic E-state index is -0.609. The molecule has 2 rings (SSSR count). The average Bonchev–Trinajstić information content (AvgIpc) is 2.41. The van der Waals surface area contributed by atoms with E-state index in [9.17, 15) is 14.7 Å². The van der Waals surface area contributed by atoms with Crippen molar-refractivity contribution >= 4 is 11.6 Å². The second-order valence-corrected chi connectivity index (χ2v) is 5.72. The number of aliphatic hydroxyl groups is 1. The number of rotatable bonds is 3. The van der Waals surface area contributed by atoms with E-state index in [2.05, 4.69) is 0 Å². The van der Waals surface area contributed by atoms with Gasteiger partial charge < -0.3 is 10.2 Å². The molecule has 0 saturated carbocycles. The van der Waals surface area contributed by atoms with Crippen LogP contribution in [0.4, 0.5) is 0 Å². The molecule has 0 spiro atoms. The lowest BCUT2D eigenvalue weighted by Gasteiger charge is -2.28. The fourth-order valence-electron chi connectivity index (χ4n) is 2.46. The van der Waals surface area contributed by atoms with Gasteiger partial charge in [0.15, 0.2) is 11.6 Å². The molecule has 0 amide bonds. The SMILES string of the molecule is C[C@H](C(=O)CO)c1cc2c(cc1O)C(=O)C=CC2(C)C. The van der Waals surface area contributed by atoms with Crippen LogP contribution in [0, 0.1) is 0 Å². The van der Waals surface area contributed by atoms with Gasteiger partial charge in [-0.25, -0.2) is 0 Å². The molecule has 106 valence electrons. The van der Waals surface area contributed by atoms with Crippen molar-refractivity contribution in [3.05, 3.63) is 41.0 Å². The summed E-state index contributed by atoms with van der Waals surface area (Å²) in [4.78, 5) is 23.5. The maximum Gasteiger partial charge on any atom is 0.185 e. The molecule has 1 aliphatic carbocycles. The highest BCUT2D eigenvalue weighted by atomic mass is 16.3. The van der Waals surface area contributed by atoms with Crippen LogP contribution in [-0.4, -0.2) is 28.4 Å². The van der Waals surface area contributed by atoms with E-state index >= 15 is 0 Å².